The summed E-state index contributed by atoms with van der Waals surface area (Å²) >= 11 is 0. The molecule has 0 saturated heterocycles. The first-order valence-corrected chi connectivity index (χ1v) is 3.10. The minimum absolute atomic E-state index is 1.37. The average molecular weight is 211 g/mol. The Morgan fingerprint density at radius 3 is 1.38 bits per heavy atom. The van der Waals surface area contributed by atoms with Gasteiger partial charge in [-0.15, -0.1) is 0 Å². The van der Waals surface area contributed by atoms with Gasteiger partial charge in [0.1, 0.15) is 0 Å². The van der Waals surface area contributed by atoms with Crippen LogP contribution in [0.4, 0.5) is 26.3 Å². The van der Waals surface area contributed by atoms with Crippen LogP contribution in [0.5, 0.6) is 0 Å². The summed E-state index contributed by atoms with van der Waals surface area (Å²) in [5.41, 5.74) is 4.50. The van der Waals surface area contributed by atoms with Gasteiger partial charge in [0.05, 0.1) is 6.61 Å². The molecule has 0 saturated carbocycles. The van der Waals surface area contributed by atoms with Crippen LogP contribution in [-0.2, 0) is 0 Å². The largest absolute Gasteiger partial charge is 0.402 e. The molecule has 0 aliphatic carbocycles. The molecule has 0 fully saturated rings. The normalized spacial score (nSPS) is 16.4. The molecule has 0 radical (unpaired) electrons. The van der Waals surface area contributed by atoms with E-state index < -0.39 is 30.9 Å². The van der Waals surface area contributed by atoms with E-state index in [-0.39, 0.29) is 0 Å². The van der Waals surface area contributed by atoms with Crippen molar-refractivity contribution >= 4 is 0 Å². The highest BCUT2D eigenvalue weighted by atomic mass is 19.4. The fourth-order valence-corrected chi connectivity index (χ4v) is 0.776. The third-order valence-electron chi connectivity index (χ3n) is 1.34. The Morgan fingerprint density at radius 2 is 1.31 bits per heavy atom. The van der Waals surface area contributed by atoms with Crippen molar-refractivity contribution in [2.24, 2.45) is 11.7 Å². The molecule has 1 atom stereocenters. The van der Waals surface area contributed by atoms with Crippen molar-refractivity contribution in [3.63, 3.8) is 0 Å². The summed E-state index contributed by atoms with van der Waals surface area (Å²) in [6.07, 6.45) is -11.0. The zero-order valence-electron chi connectivity index (χ0n) is 6.15. The maximum absolute atomic E-state index is 11.7. The maximum Gasteiger partial charge on any atom is 0.402 e. The second kappa shape index (κ2) is 3.70. The summed E-state index contributed by atoms with van der Waals surface area (Å²) in [6, 6.07) is -2.38. The van der Waals surface area contributed by atoms with Gasteiger partial charge in [-0.05, 0) is 0 Å². The van der Waals surface area contributed by atoms with E-state index >= 15 is 0 Å². The monoisotopic (exact) mass is 211 g/mol. The molecular formula is C5H7F6NO. The Balaban J connectivity index is 4.78. The molecule has 13 heavy (non-hydrogen) atoms. The highest BCUT2D eigenvalue weighted by molar-refractivity contribution is 4.84. The van der Waals surface area contributed by atoms with E-state index in [2.05, 4.69) is 5.73 Å². The molecule has 8 heteroatoms. The zero-order valence-corrected chi connectivity index (χ0v) is 6.15. The van der Waals surface area contributed by atoms with Crippen LogP contribution in [0.25, 0.3) is 0 Å². The SMILES string of the molecule is N[C@@H](CO)C(C(F)(F)F)C(F)(F)F. The van der Waals surface area contributed by atoms with Gasteiger partial charge in [0.2, 0.25) is 0 Å². The number of aliphatic hydroxyl groups excluding tert-OH is 1. The predicted molar refractivity (Wildman–Crippen MR) is 30.7 cm³/mol. The second-order valence-electron chi connectivity index (χ2n) is 2.41. The van der Waals surface area contributed by atoms with Gasteiger partial charge in [-0.2, -0.15) is 26.3 Å². The second-order valence-corrected chi connectivity index (χ2v) is 2.41. The number of rotatable bonds is 2. The van der Waals surface area contributed by atoms with Gasteiger partial charge in [-0.3, -0.25) is 0 Å². The molecule has 0 bridgehead atoms. The van der Waals surface area contributed by atoms with Crippen LogP contribution in [0.1, 0.15) is 0 Å². The van der Waals surface area contributed by atoms with Crippen LogP contribution in [0.2, 0.25) is 0 Å². The van der Waals surface area contributed by atoms with Crippen molar-refractivity contribution in [2.75, 3.05) is 6.61 Å². The van der Waals surface area contributed by atoms with Crippen molar-refractivity contribution in [3.8, 4) is 0 Å². The highest BCUT2D eigenvalue weighted by Crippen LogP contribution is 2.40. The van der Waals surface area contributed by atoms with E-state index in [1.165, 1.54) is 0 Å². The summed E-state index contributed by atoms with van der Waals surface area (Å²) in [4.78, 5) is 0. The lowest BCUT2D eigenvalue weighted by Gasteiger charge is -2.26. The summed E-state index contributed by atoms with van der Waals surface area (Å²) in [5, 5.41) is 8.11. The van der Waals surface area contributed by atoms with Gasteiger partial charge >= 0.3 is 12.4 Å². The fraction of sp³-hybridized carbons (Fsp3) is 1.00. The van der Waals surface area contributed by atoms with E-state index in [0.29, 0.717) is 0 Å². The van der Waals surface area contributed by atoms with Gasteiger partial charge in [-0.25, -0.2) is 0 Å². The van der Waals surface area contributed by atoms with Gasteiger partial charge < -0.3 is 10.8 Å². The average Bonchev–Trinajstić information content (AvgIpc) is 1.80. The predicted octanol–water partition coefficient (Wildman–Crippen LogP) is 1.05. The third kappa shape index (κ3) is 3.39. The maximum atomic E-state index is 11.7. The number of alkyl halides is 6. The molecule has 2 nitrogen and oxygen atoms in total. The van der Waals surface area contributed by atoms with Crippen LogP contribution in [0.15, 0.2) is 0 Å². The third-order valence-corrected chi connectivity index (χ3v) is 1.34. The van der Waals surface area contributed by atoms with Crippen LogP contribution < -0.4 is 5.73 Å². The molecule has 0 aliphatic rings. The fourth-order valence-electron chi connectivity index (χ4n) is 0.776. The van der Waals surface area contributed by atoms with E-state index in [1.807, 2.05) is 0 Å². The smallest absolute Gasteiger partial charge is 0.395 e. The number of aliphatic hydroxyl groups is 1. The summed E-state index contributed by atoms with van der Waals surface area (Å²) in [6.45, 7) is -1.37. The van der Waals surface area contributed by atoms with Crippen LogP contribution in [0, 0.1) is 5.92 Å². The van der Waals surface area contributed by atoms with Gasteiger partial charge in [0.25, 0.3) is 0 Å². The molecule has 0 aromatic carbocycles. The van der Waals surface area contributed by atoms with Crippen molar-refractivity contribution in [1.82, 2.24) is 0 Å². The molecule has 0 unspecified atom stereocenters. The Morgan fingerprint density at radius 1 is 1.00 bits per heavy atom. The van der Waals surface area contributed by atoms with Crippen LogP contribution in [-0.4, -0.2) is 30.1 Å². The highest BCUT2D eigenvalue weighted by Gasteiger charge is 2.59. The first kappa shape index (κ1) is 12.5. The summed E-state index contributed by atoms with van der Waals surface area (Å²) in [5.74, 6) is -3.68. The Bertz CT molecular complexity index is 149. The minimum Gasteiger partial charge on any atom is -0.395 e. The molecule has 0 aromatic rings. The lowest BCUT2D eigenvalue weighted by Crippen LogP contribution is -2.50. The first-order valence-electron chi connectivity index (χ1n) is 3.10. The van der Waals surface area contributed by atoms with Crippen molar-refractivity contribution in [1.29, 1.82) is 0 Å². The molecule has 0 rings (SSSR count). The van der Waals surface area contributed by atoms with Crippen molar-refractivity contribution < 1.29 is 31.4 Å². The standard InChI is InChI=1S/C5H7F6NO/c6-4(7,8)3(2(12)1-13)5(9,10)11/h2-3,13H,1,12H2/t2-/m0/s1. The van der Waals surface area contributed by atoms with Gasteiger partial charge in [0, 0.05) is 6.04 Å². The molecule has 0 aliphatic heterocycles. The van der Waals surface area contributed by atoms with E-state index in [0.717, 1.165) is 0 Å². The quantitative estimate of drug-likeness (QED) is 0.670. The summed E-state index contributed by atoms with van der Waals surface area (Å²) in [7, 11) is 0. The van der Waals surface area contributed by atoms with E-state index in [9.17, 15) is 26.3 Å². The first-order chi connectivity index (χ1) is 5.60. The molecule has 0 heterocycles. The topological polar surface area (TPSA) is 46.2 Å². The summed E-state index contributed by atoms with van der Waals surface area (Å²) < 4.78 is 70.5. The van der Waals surface area contributed by atoms with Crippen molar-refractivity contribution in [2.45, 2.75) is 18.4 Å². The molecule has 0 spiro atoms. The Kier molecular flexibility index (Phi) is 3.56. The Hall–Kier alpha value is -0.500. The van der Waals surface area contributed by atoms with E-state index in [1.54, 1.807) is 0 Å². The molecule has 0 aromatic heterocycles. The van der Waals surface area contributed by atoms with Crippen LogP contribution >= 0.6 is 0 Å². The number of hydrogen-bond donors (Lipinski definition) is 2. The lowest BCUT2D eigenvalue weighted by atomic mass is 10.0. The number of nitrogens with two attached hydrogens (primary N) is 1. The number of halogens is 6. The lowest BCUT2D eigenvalue weighted by molar-refractivity contribution is -0.291. The zero-order chi connectivity index (χ0) is 10.9. The minimum atomic E-state index is -5.49. The molecular weight excluding hydrogens is 204 g/mol. The van der Waals surface area contributed by atoms with Gasteiger partial charge in [0.15, 0.2) is 5.92 Å². The number of hydrogen-bond acceptors (Lipinski definition) is 2. The molecule has 80 valence electrons. The molecule has 0 amide bonds. The van der Waals surface area contributed by atoms with E-state index in [4.69, 9.17) is 5.11 Å². The molecule has 3 N–H and O–H groups in total. The van der Waals surface area contributed by atoms with Crippen molar-refractivity contribution in [3.05, 3.63) is 0 Å². The van der Waals surface area contributed by atoms with Gasteiger partial charge in [-0.1, -0.05) is 0 Å². The Labute approximate surface area is 69.3 Å². The van der Waals surface area contributed by atoms with Crippen LogP contribution in [0.3, 0.4) is 0 Å².